The average molecular weight is 336 g/mol. The van der Waals surface area contributed by atoms with Gasteiger partial charge in [0, 0.05) is 24.2 Å². The van der Waals surface area contributed by atoms with Crippen LogP contribution in [0.3, 0.4) is 0 Å². The highest BCUT2D eigenvalue weighted by atomic mass is 35.5. The van der Waals surface area contributed by atoms with E-state index in [-0.39, 0.29) is 18.2 Å². The minimum absolute atomic E-state index is 0.0241. The van der Waals surface area contributed by atoms with Crippen LogP contribution in [-0.4, -0.2) is 45.3 Å². The number of fused-ring (bicyclic) bond motifs is 1. The van der Waals surface area contributed by atoms with Crippen molar-refractivity contribution in [1.29, 1.82) is 0 Å². The zero-order chi connectivity index (χ0) is 16.2. The molecule has 1 saturated heterocycles. The molecule has 1 atom stereocenters. The molecule has 1 aliphatic heterocycles. The molecule has 124 valence electrons. The fourth-order valence-corrected chi connectivity index (χ4v) is 3.46. The first-order valence-electron chi connectivity index (χ1n) is 8.18. The van der Waals surface area contributed by atoms with Gasteiger partial charge in [0.05, 0.1) is 23.8 Å². The van der Waals surface area contributed by atoms with E-state index in [0.717, 1.165) is 25.9 Å². The van der Waals surface area contributed by atoms with E-state index in [1.807, 2.05) is 0 Å². The Morgan fingerprint density at radius 3 is 3.00 bits per heavy atom. The minimum atomic E-state index is -0.0241. The topological polar surface area (TPSA) is 58.4 Å². The van der Waals surface area contributed by atoms with Crippen molar-refractivity contribution < 1.29 is 5.11 Å². The zero-order valence-electron chi connectivity index (χ0n) is 13.1. The predicted octanol–water partition coefficient (Wildman–Crippen LogP) is 2.29. The summed E-state index contributed by atoms with van der Waals surface area (Å²) in [5, 5.41) is 10.6. The SMILES string of the molecule is O=c1c2ccc(Cl)cc2ncn1CCCN1CCCCC1CO. The van der Waals surface area contributed by atoms with Crippen molar-refractivity contribution in [3.05, 3.63) is 39.9 Å². The lowest BCUT2D eigenvalue weighted by molar-refractivity contribution is 0.0881. The quantitative estimate of drug-likeness (QED) is 0.910. The highest BCUT2D eigenvalue weighted by molar-refractivity contribution is 6.31. The van der Waals surface area contributed by atoms with E-state index < -0.39 is 0 Å². The molecule has 1 aliphatic rings. The van der Waals surface area contributed by atoms with Gasteiger partial charge in [-0.15, -0.1) is 0 Å². The molecule has 0 bridgehead atoms. The number of hydrogen-bond acceptors (Lipinski definition) is 4. The highest BCUT2D eigenvalue weighted by Gasteiger charge is 2.20. The normalized spacial score (nSPS) is 19.3. The Labute approximate surface area is 140 Å². The van der Waals surface area contributed by atoms with Crippen LogP contribution in [0.2, 0.25) is 5.02 Å². The van der Waals surface area contributed by atoms with Crippen LogP contribution in [-0.2, 0) is 6.54 Å². The largest absolute Gasteiger partial charge is 0.395 e. The highest BCUT2D eigenvalue weighted by Crippen LogP contribution is 2.17. The van der Waals surface area contributed by atoms with Gasteiger partial charge in [-0.3, -0.25) is 14.3 Å². The number of rotatable bonds is 5. The number of aliphatic hydroxyl groups is 1. The summed E-state index contributed by atoms with van der Waals surface area (Å²) in [4.78, 5) is 19.1. The Morgan fingerprint density at radius 1 is 1.30 bits per heavy atom. The van der Waals surface area contributed by atoms with Crippen molar-refractivity contribution in [2.45, 2.75) is 38.3 Å². The second kappa shape index (κ2) is 7.43. The van der Waals surface area contributed by atoms with Crippen LogP contribution in [0, 0.1) is 0 Å². The van der Waals surface area contributed by atoms with E-state index in [4.69, 9.17) is 11.6 Å². The van der Waals surface area contributed by atoms with Crippen LogP contribution in [0.25, 0.3) is 10.9 Å². The van der Waals surface area contributed by atoms with Crippen molar-refractivity contribution in [3.63, 3.8) is 0 Å². The van der Waals surface area contributed by atoms with Gasteiger partial charge in [0.25, 0.3) is 5.56 Å². The van der Waals surface area contributed by atoms with Crippen LogP contribution >= 0.6 is 11.6 Å². The van der Waals surface area contributed by atoms with Crippen LogP contribution in [0.5, 0.6) is 0 Å². The standard InChI is InChI=1S/C17H22ClN3O2/c18-13-5-6-15-16(10-13)19-12-21(17(15)23)9-3-8-20-7-2-1-4-14(20)11-22/h5-6,10,12,14,22H,1-4,7-9,11H2. The Bertz CT molecular complexity index is 731. The molecule has 0 aliphatic carbocycles. The maximum Gasteiger partial charge on any atom is 0.261 e. The summed E-state index contributed by atoms with van der Waals surface area (Å²) in [5.41, 5.74) is 0.610. The van der Waals surface area contributed by atoms with E-state index in [9.17, 15) is 9.90 Å². The first-order valence-corrected chi connectivity index (χ1v) is 8.56. The zero-order valence-corrected chi connectivity index (χ0v) is 13.9. The van der Waals surface area contributed by atoms with E-state index in [1.165, 1.54) is 12.8 Å². The maximum absolute atomic E-state index is 12.5. The van der Waals surface area contributed by atoms with E-state index in [1.54, 1.807) is 29.1 Å². The maximum atomic E-state index is 12.5. The molecule has 5 nitrogen and oxygen atoms in total. The number of hydrogen-bond donors (Lipinski definition) is 1. The number of aryl methyl sites for hydroxylation is 1. The summed E-state index contributed by atoms with van der Waals surface area (Å²) in [6.45, 7) is 2.79. The Hall–Kier alpha value is -1.43. The third-order valence-corrected chi connectivity index (χ3v) is 4.83. The molecule has 3 rings (SSSR count). The van der Waals surface area contributed by atoms with Gasteiger partial charge in [-0.25, -0.2) is 4.98 Å². The summed E-state index contributed by atoms with van der Waals surface area (Å²) in [7, 11) is 0. The lowest BCUT2D eigenvalue weighted by atomic mass is 10.0. The van der Waals surface area contributed by atoms with Gasteiger partial charge in [0.1, 0.15) is 0 Å². The second-order valence-corrected chi connectivity index (χ2v) is 6.56. The smallest absolute Gasteiger partial charge is 0.261 e. The number of halogens is 1. The number of likely N-dealkylation sites (tertiary alicyclic amines) is 1. The van der Waals surface area contributed by atoms with Crippen molar-refractivity contribution in [2.75, 3.05) is 19.7 Å². The monoisotopic (exact) mass is 335 g/mol. The third-order valence-electron chi connectivity index (χ3n) is 4.59. The minimum Gasteiger partial charge on any atom is -0.395 e. The van der Waals surface area contributed by atoms with E-state index in [2.05, 4.69) is 9.88 Å². The van der Waals surface area contributed by atoms with E-state index in [0.29, 0.717) is 22.5 Å². The fourth-order valence-electron chi connectivity index (χ4n) is 3.30. The van der Waals surface area contributed by atoms with Crippen LogP contribution in [0.1, 0.15) is 25.7 Å². The number of nitrogens with zero attached hydrogens (tertiary/aromatic N) is 3. The predicted molar refractivity (Wildman–Crippen MR) is 91.9 cm³/mol. The number of benzene rings is 1. The summed E-state index contributed by atoms with van der Waals surface area (Å²) in [5.74, 6) is 0. The number of aliphatic hydroxyl groups excluding tert-OH is 1. The number of aromatic nitrogens is 2. The van der Waals surface area contributed by atoms with Gasteiger partial charge < -0.3 is 5.11 Å². The Balaban J connectivity index is 1.66. The molecule has 1 aromatic carbocycles. The van der Waals surface area contributed by atoms with Gasteiger partial charge in [0.15, 0.2) is 0 Å². The molecular formula is C17H22ClN3O2. The molecule has 0 amide bonds. The van der Waals surface area contributed by atoms with Crippen molar-refractivity contribution in [2.24, 2.45) is 0 Å². The van der Waals surface area contributed by atoms with Crippen LogP contribution in [0.15, 0.2) is 29.3 Å². The van der Waals surface area contributed by atoms with Crippen molar-refractivity contribution in [3.8, 4) is 0 Å². The molecule has 1 aromatic heterocycles. The molecule has 2 aromatic rings. The first kappa shape index (κ1) is 16.4. The molecule has 6 heteroatoms. The average Bonchev–Trinajstić information content (AvgIpc) is 2.57. The molecule has 23 heavy (non-hydrogen) atoms. The summed E-state index contributed by atoms with van der Waals surface area (Å²) < 4.78 is 1.66. The summed E-state index contributed by atoms with van der Waals surface area (Å²) in [6.07, 6.45) is 5.92. The molecule has 1 fully saturated rings. The molecular weight excluding hydrogens is 314 g/mol. The summed E-state index contributed by atoms with van der Waals surface area (Å²) >= 11 is 5.93. The van der Waals surface area contributed by atoms with Gasteiger partial charge in [-0.1, -0.05) is 18.0 Å². The lowest BCUT2D eigenvalue weighted by Crippen LogP contribution is -2.42. The van der Waals surface area contributed by atoms with Gasteiger partial charge in [0.2, 0.25) is 0 Å². The molecule has 0 saturated carbocycles. The molecule has 2 heterocycles. The van der Waals surface area contributed by atoms with Crippen molar-refractivity contribution in [1.82, 2.24) is 14.5 Å². The summed E-state index contributed by atoms with van der Waals surface area (Å²) in [6, 6.07) is 5.44. The Kier molecular flexibility index (Phi) is 5.30. The van der Waals surface area contributed by atoms with Crippen LogP contribution < -0.4 is 5.56 Å². The molecule has 0 radical (unpaired) electrons. The van der Waals surface area contributed by atoms with Gasteiger partial charge in [-0.2, -0.15) is 0 Å². The number of piperidine rings is 1. The Morgan fingerprint density at radius 2 is 2.17 bits per heavy atom. The molecule has 1 unspecified atom stereocenters. The van der Waals surface area contributed by atoms with Gasteiger partial charge in [-0.05, 0) is 44.0 Å². The first-order chi connectivity index (χ1) is 11.2. The van der Waals surface area contributed by atoms with E-state index >= 15 is 0 Å². The van der Waals surface area contributed by atoms with Crippen LogP contribution in [0.4, 0.5) is 0 Å². The lowest BCUT2D eigenvalue weighted by Gasteiger charge is -2.34. The fraction of sp³-hybridized carbons (Fsp3) is 0.529. The molecule has 1 N–H and O–H groups in total. The third kappa shape index (κ3) is 3.74. The van der Waals surface area contributed by atoms with Gasteiger partial charge >= 0.3 is 0 Å². The molecule has 0 spiro atoms. The second-order valence-electron chi connectivity index (χ2n) is 6.13. The van der Waals surface area contributed by atoms with Crippen molar-refractivity contribution >= 4 is 22.5 Å².